The van der Waals surface area contributed by atoms with Gasteiger partial charge in [-0.3, -0.25) is 9.69 Å². The monoisotopic (exact) mass is 497 g/mol. The van der Waals surface area contributed by atoms with E-state index in [-0.39, 0.29) is 31.8 Å². The lowest BCUT2D eigenvalue weighted by Gasteiger charge is -2.34. The molecule has 7 heteroatoms. The number of fused-ring (bicyclic) bond motifs is 1. The summed E-state index contributed by atoms with van der Waals surface area (Å²) in [4.78, 5) is 20.8. The van der Waals surface area contributed by atoms with Crippen LogP contribution in [0.4, 0.5) is 13.2 Å². The first-order chi connectivity index (χ1) is 17.2. The molecule has 0 unspecified atom stereocenters. The summed E-state index contributed by atoms with van der Waals surface area (Å²) >= 11 is 0. The van der Waals surface area contributed by atoms with E-state index in [2.05, 4.69) is 41.9 Å². The van der Waals surface area contributed by atoms with Gasteiger partial charge in [-0.15, -0.1) is 0 Å². The normalized spacial score (nSPS) is 18.8. The smallest absolute Gasteiger partial charge is 0.350 e. The van der Waals surface area contributed by atoms with Gasteiger partial charge in [-0.05, 0) is 81.3 Å². The number of amides is 1. The Labute approximate surface area is 210 Å². The average Bonchev–Trinajstić information content (AvgIpc) is 3.22. The number of halogens is 3. The number of rotatable bonds is 4. The second-order valence-electron chi connectivity index (χ2n) is 10.5. The van der Waals surface area contributed by atoms with E-state index in [0.29, 0.717) is 18.2 Å². The lowest BCUT2D eigenvalue weighted by molar-refractivity contribution is -0.183. The zero-order chi connectivity index (χ0) is 25.4. The Morgan fingerprint density at radius 2 is 1.56 bits per heavy atom. The van der Waals surface area contributed by atoms with Crippen LogP contribution in [-0.4, -0.2) is 53.0 Å². The molecule has 0 bridgehead atoms. The SMILES string of the molecule is Cc1cccc(C)c1C1CCN(Cc2c(C(=O)N3CCC(C(F)(F)F)CC3)[nH]c3ccccc23)CC1. The first-order valence-corrected chi connectivity index (χ1v) is 13.0. The summed E-state index contributed by atoms with van der Waals surface area (Å²) in [5, 5.41) is 1.02. The van der Waals surface area contributed by atoms with Crippen LogP contribution in [0.3, 0.4) is 0 Å². The lowest BCUT2D eigenvalue weighted by Crippen LogP contribution is -2.42. The van der Waals surface area contributed by atoms with Crippen molar-refractivity contribution in [1.82, 2.24) is 14.8 Å². The number of H-pyrrole nitrogens is 1. The minimum atomic E-state index is -4.19. The summed E-state index contributed by atoms with van der Waals surface area (Å²) in [6.07, 6.45) is -2.11. The molecule has 3 heterocycles. The third-order valence-corrected chi connectivity index (χ3v) is 8.19. The maximum absolute atomic E-state index is 13.5. The number of para-hydroxylation sites is 1. The van der Waals surface area contributed by atoms with Crippen molar-refractivity contribution in [2.45, 2.75) is 58.2 Å². The molecule has 3 aromatic rings. The number of nitrogens with zero attached hydrogens (tertiary/aromatic N) is 2. The van der Waals surface area contributed by atoms with Crippen LogP contribution in [-0.2, 0) is 6.54 Å². The fourth-order valence-corrected chi connectivity index (χ4v) is 6.19. The Hall–Kier alpha value is -2.80. The van der Waals surface area contributed by atoms with Gasteiger partial charge in [-0.2, -0.15) is 13.2 Å². The molecule has 2 saturated heterocycles. The van der Waals surface area contributed by atoms with Crippen LogP contribution < -0.4 is 0 Å². The predicted molar refractivity (Wildman–Crippen MR) is 136 cm³/mol. The van der Waals surface area contributed by atoms with Crippen molar-refractivity contribution in [2.24, 2.45) is 5.92 Å². The fraction of sp³-hybridized carbons (Fsp3) is 0.483. The van der Waals surface area contributed by atoms with Crippen molar-refractivity contribution in [1.29, 1.82) is 0 Å². The molecule has 2 fully saturated rings. The number of piperidine rings is 2. The number of aromatic amines is 1. The van der Waals surface area contributed by atoms with Gasteiger partial charge in [-0.25, -0.2) is 0 Å². The van der Waals surface area contributed by atoms with E-state index >= 15 is 0 Å². The van der Waals surface area contributed by atoms with Crippen molar-refractivity contribution in [3.05, 3.63) is 70.4 Å². The van der Waals surface area contributed by atoms with Gasteiger partial charge in [0, 0.05) is 36.1 Å². The molecule has 36 heavy (non-hydrogen) atoms. The van der Waals surface area contributed by atoms with E-state index in [1.807, 2.05) is 24.3 Å². The van der Waals surface area contributed by atoms with Gasteiger partial charge in [0.2, 0.25) is 0 Å². The molecule has 1 aromatic heterocycles. The predicted octanol–water partition coefficient (Wildman–Crippen LogP) is 6.58. The number of alkyl halides is 3. The summed E-state index contributed by atoms with van der Waals surface area (Å²) in [6, 6.07) is 14.4. The second kappa shape index (κ2) is 9.92. The highest BCUT2D eigenvalue weighted by molar-refractivity contribution is 6.01. The van der Waals surface area contributed by atoms with Crippen LogP contribution in [0.1, 0.15) is 64.3 Å². The standard InChI is InChI=1S/C29H34F3N3O/c1-19-6-5-7-20(2)26(19)21-10-14-34(15-11-21)18-24-23-8-3-4-9-25(23)33-27(24)28(36)35-16-12-22(13-17-35)29(30,31)32/h3-9,21-22,33H,10-18H2,1-2H3. The molecule has 2 aliphatic heterocycles. The summed E-state index contributed by atoms with van der Waals surface area (Å²) in [5.41, 5.74) is 6.56. The Kier molecular flexibility index (Phi) is 6.86. The number of hydrogen-bond donors (Lipinski definition) is 1. The third kappa shape index (κ3) is 4.90. The minimum absolute atomic E-state index is 0.0311. The number of nitrogens with one attached hydrogen (secondary N) is 1. The Morgan fingerprint density at radius 3 is 2.19 bits per heavy atom. The molecule has 0 radical (unpaired) electrons. The van der Waals surface area contributed by atoms with Gasteiger partial charge in [0.1, 0.15) is 5.69 Å². The van der Waals surface area contributed by atoms with Gasteiger partial charge in [0.25, 0.3) is 5.91 Å². The van der Waals surface area contributed by atoms with Crippen LogP contribution >= 0.6 is 0 Å². The van der Waals surface area contributed by atoms with Crippen LogP contribution in [0.2, 0.25) is 0 Å². The molecule has 2 aromatic carbocycles. The highest BCUT2D eigenvalue weighted by atomic mass is 19.4. The van der Waals surface area contributed by atoms with Gasteiger partial charge in [0.15, 0.2) is 0 Å². The number of likely N-dealkylation sites (tertiary alicyclic amines) is 2. The quantitative estimate of drug-likeness (QED) is 0.442. The van der Waals surface area contributed by atoms with E-state index in [1.54, 1.807) is 4.90 Å². The van der Waals surface area contributed by atoms with Crippen LogP contribution in [0, 0.1) is 19.8 Å². The molecule has 0 aliphatic carbocycles. The number of hydrogen-bond acceptors (Lipinski definition) is 2. The summed E-state index contributed by atoms with van der Waals surface area (Å²) < 4.78 is 39.4. The van der Waals surface area contributed by atoms with Crippen LogP contribution in [0.15, 0.2) is 42.5 Å². The van der Waals surface area contributed by atoms with E-state index in [4.69, 9.17) is 0 Å². The Balaban J connectivity index is 1.32. The second-order valence-corrected chi connectivity index (χ2v) is 10.5. The van der Waals surface area contributed by atoms with Gasteiger partial charge >= 0.3 is 6.18 Å². The van der Waals surface area contributed by atoms with Crippen LogP contribution in [0.5, 0.6) is 0 Å². The summed E-state index contributed by atoms with van der Waals surface area (Å²) in [6.45, 7) is 7.21. The maximum atomic E-state index is 13.5. The van der Waals surface area contributed by atoms with Gasteiger partial charge in [-0.1, -0.05) is 36.4 Å². The van der Waals surface area contributed by atoms with Crippen molar-refractivity contribution in [3.8, 4) is 0 Å². The molecule has 192 valence electrons. The average molecular weight is 498 g/mol. The zero-order valence-corrected chi connectivity index (χ0v) is 21.0. The minimum Gasteiger partial charge on any atom is -0.350 e. The highest BCUT2D eigenvalue weighted by Crippen LogP contribution is 2.36. The van der Waals surface area contributed by atoms with E-state index < -0.39 is 12.1 Å². The summed E-state index contributed by atoms with van der Waals surface area (Å²) in [7, 11) is 0. The molecular formula is C29H34F3N3O. The first-order valence-electron chi connectivity index (χ1n) is 13.0. The first kappa shape index (κ1) is 24.9. The largest absolute Gasteiger partial charge is 0.391 e. The number of benzene rings is 2. The third-order valence-electron chi connectivity index (χ3n) is 8.19. The number of aromatic nitrogens is 1. The molecule has 0 atom stereocenters. The van der Waals surface area contributed by atoms with Crippen molar-refractivity contribution in [2.75, 3.05) is 26.2 Å². The molecule has 4 nitrogen and oxygen atoms in total. The molecule has 1 N–H and O–H groups in total. The molecule has 2 aliphatic rings. The van der Waals surface area contributed by atoms with Gasteiger partial charge in [0.05, 0.1) is 5.92 Å². The molecular weight excluding hydrogens is 463 g/mol. The van der Waals surface area contributed by atoms with Crippen molar-refractivity contribution >= 4 is 16.8 Å². The summed E-state index contributed by atoms with van der Waals surface area (Å²) in [5.74, 6) is -0.962. The highest BCUT2D eigenvalue weighted by Gasteiger charge is 2.42. The van der Waals surface area contributed by atoms with E-state index in [1.165, 1.54) is 16.7 Å². The van der Waals surface area contributed by atoms with Gasteiger partial charge < -0.3 is 9.88 Å². The Bertz CT molecular complexity index is 1210. The maximum Gasteiger partial charge on any atom is 0.391 e. The van der Waals surface area contributed by atoms with Crippen molar-refractivity contribution < 1.29 is 18.0 Å². The fourth-order valence-electron chi connectivity index (χ4n) is 6.19. The van der Waals surface area contributed by atoms with E-state index in [9.17, 15) is 18.0 Å². The number of carbonyl (C=O) groups excluding carboxylic acids is 1. The van der Waals surface area contributed by atoms with Crippen LogP contribution in [0.25, 0.3) is 10.9 Å². The molecule has 0 saturated carbocycles. The zero-order valence-electron chi connectivity index (χ0n) is 21.0. The van der Waals surface area contributed by atoms with Crippen molar-refractivity contribution in [3.63, 3.8) is 0 Å². The lowest BCUT2D eigenvalue weighted by atomic mass is 9.84. The van der Waals surface area contributed by atoms with E-state index in [0.717, 1.165) is 42.4 Å². The molecule has 5 rings (SSSR count). The topological polar surface area (TPSA) is 39.3 Å². The number of aryl methyl sites for hydroxylation is 2. The molecule has 0 spiro atoms. The molecule has 1 amide bonds. The number of carbonyl (C=O) groups is 1. The Morgan fingerprint density at radius 1 is 0.917 bits per heavy atom.